The number of fused-ring (bicyclic) bond motifs is 5. The van der Waals surface area contributed by atoms with Crippen LogP contribution in [0.5, 0.6) is 0 Å². The van der Waals surface area contributed by atoms with E-state index in [4.69, 9.17) is 0 Å². The highest BCUT2D eigenvalue weighted by molar-refractivity contribution is 6.01. The number of allylic oxidation sites excluding steroid dienone is 4. The average molecular weight is 344 g/mol. The predicted octanol–water partition coefficient (Wildman–Crippen LogP) is 4.70. The molecule has 0 spiro atoms. The summed E-state index contributed by atoms with van der Waals surface area (Å²) < 4.78 is 13.2. The first-order chi connectivity index (χ1) is 11.8. The van der Waals surface area contributed by atoms with Crippen molar-refractivity contribution in [2.45, 2.75) is 52.9 Å². The molecule has 4 aliphatic carbocycles. The van der Waals surface area contributed by atoms with Crippen molar-refractivity contribution in [2.75, 3.05) is 6.67 Å². The number of hydrogen-bond acceptors (Lipinski definition) is 2. The van der Waals surface area contributed by atoms with Crippen molar-refractivity contribution in [1.29, 1.82) is 0 Å². The highest BCUT2D eigenvalue weighted by atomic mass is 19.1. The fourth-order valence-corrected chi connectivity index (χ4v) is 7.33. The van der Waals surface area contributed by atoms with Crippen LogP contribution in [0.2, 0.25) is 0 Å². The van der Waals surface area contributed by atoms with Crippen LogP contribution in [-0.4, -0.2) is 18.2 Å². The third-order valence-electron chi connectivity index (χ3n) is 8.38. The second kappa shape index (κ2) is 5.62. The molecule has 0 saturated heterocycles. The van der Waals surface area contributed by atoms with E-state index in [-0.39, 0.29) is 34.2 Å². The van der Waals surface area contributed by atoms with Crippen molar-refractivity contribution < 1.29 is 14.0 Å². The number of carbonyl (C=O) groups is 2. The Morgan fingerprint density at radius 2 is 2.04 bits per heavy atom. The Balaban J connectivity index is 1.68. The molecule has 0 bridgehead atoms. The van der Waals surface area contributed by atoms with Gasteiger partial charge in [0.05, 0.1) is 0 Å². The molecule has 0 aromatic heterocycles. The van der Waals surface area contributed by atoms with Crippen LogP contribution < -0.4 is 0 Å². The lowest BCUT2D eigenvalue weighted by Gasteiger charge is -2.56. The monoisotopic (exact) mass is 344 g/mol. The number of alkyl halides is 1. The Bertz CT molecular complexity index is 678. The average Bonchev–Trinajstić information content (AvgIpc) is 2.85. The van der Waals surface area contributed by atoms with Crippen LogP contribution in [0.3, 0.4) is 0 Å². The lowest BCUT2D eigenvalue weighted by Crippen LogP contribution is -2.50. The molecule has 2 nitrogen and oxygen atoms in total. The number of rotatable bonds is 2. The molecule has 0 N–H and O–H groups in total. The minimum atomic E-state index is -0.819. The Morgan fingerprint density at radius 3 is 2.76 bits per heavy atom. The van der Waals surface area contributed by atoms with E-state index in [0.29, 0.717) is 17.8 Å². The zero-order valence-corrected chi connectivity index (χ0v) is 15.6. The number of Topliss-reactive ketones (excluding diaryl/α,β-unsaturated/α-hetero) is 1. The molecule has 4 aliphatic rings. The Labute approximate surface area is 149 Å². The third kappa shape index (κ3) is 2.27. The van der Waals surface area contributed by atoms with E-state index in [1.807, 2.05) is 6.08 Å². The van der Waals surface area contributed by atoms with E-state index < -0.39 is 6.67 Å². The summed E-state index contributed by atoms with van der Waals surface area (Å²) in [5, 5.41) is 0. The van der Waals surface area contributed by atoms with Gasteiger partial charge < -0.3 is 0 Å². The SMILES string of the molecule is C[C@@H]1C[C@H]2[C@@H]3CCC4=CC(=O)C=C[C@]4(C)[C@H]3CC[C@]2(C)[C@H]1C(=O)CF. The van der Waals surface area contributed by atoms with Crippen LogP contribution in [0.25, 0.3) is 0 Å². The summed E-state index contributed by atoms with van der Waals surface area (Å²) in [6.07, 6.45) is 11.0. The zero-order valence-electron chi connectivity index (χ0n) is 15.6. The van der Waals surface area contributed by atoms with Crippen LogP contribution in [0, 0.1) is 40.4 Å². The lowest BCUT2D eigenvalue weighted by molar-refractivity contribution is -0.131. The minimum absolute atomic E-state index is 0.0103. The Hall–Kier alpha value is -1.25. The molecule has 0 aliphatic heterocycles. The van der Waals surface area contributed by atoms with Crippen LogP contribution in [0.1, 0.15) is 52.9 Å². The molecule has 0 heterocycles. The molecule has 25 heavy (non-hydrogen) atoms. The maximum Gasteiger partial charge on any atom is 0.178 e. The van der Waals surface area contributed by atoms with Gasteiger partial charge >= 0.3 is 0 Å². The summed E-state index contributed by atoms with van der Waals surface area (Å²) in [5.74, 6) is 1.74. The standard InChI is InChI=1S/C22H29FO2/c1-13-10-18-16-5-4-14-11-15(24)6-8-21(14,2)17(16)7-9-22(18,3)20(13)19(25)12-23/h6,8,11,13,16-18,20H,4-5,7,9-10,12H2,1-3H3/t13-,16-,17+,18+,20-,21+,22+/m1/s1. The molecule has 0 unspecified atom stereocenters. The Morgan fingerprint density at radius 1 is 1.28 bits per heavy atom. The van der Waals surface area contributed by atoms with E-state index >= 15 is 0 Å². The van der Waals surface area contributed by atoms with E-state index in [1.165, 1.54) is 5.57 Å². The number of hydrogen-bond donors (Lipinski definition) is 0. The lowest BCUT2D eigenvalue weighted by atomic mass is 9.47. The van der Waals surface area contributed by atoms with Crippen LogP contribution in [0.15, 0.2) is 23.8 Å². The highest BCUT2D eigenvalue weighted by Gasteiger charge is 2.61. The van der Waals surface area contributed by atoms with Gasteiger partial charge in [-0.25, -0.2) is 4.39 Å². The first-order valence-corrected chi connectivity index (χ1v) is 9.84. The first kappa shape index (κ1) is 17.2. The van der Waals surface area contributed by atoms with Gasteiger partial charge in [0.15, 0.2) is 11.6 Å². The molecule has 0 amide bonds. The third-order valence-corrected chi connectivity index (χ3v) is 8.38. The Kier molecular flexibility index (Phi) is 3.86. The summed E-state index contributed by atoms with van der Waals surface area (Å²) in [6.45, 7) is 5.88. The number of ketones is 2. The summed E-state index contributed by atoms with van der Waals surface area (Å²) in [7, 11) is 0. The van der Waals surface area contributed by atoms with Crippen molar-refractivity contribution in [2.24, 2.45) is 40.4 Å². The van der Waals surface area contributed by atoms with Gasteiger partial charge in [0, 0.05) is 11.3 Å². The van der Waals surface area contributed by atoms with Gasteiger partial charge in [-0.1, -0.05) is 32.4 Å². The largest absolute Gasteiger partial charge is 0.296 e. The van der Waals surface area contributed by atoms with Crippen LogP contribution >= 0.6 is 0 Å². The van der Waals surface area contributed by atoms with E-state index in [1.54, 1.807) is 6.08 Å². The van der Waals surface area contributed by atoms with E-state index in [9.17, 15) is 14.0 Å². The predicted molar refractivity (Wildman–Crippen MR) is 95.6 cm³/mol. The smallest absolute Gasteiger partial charge is 0.178 e. The fourth-order valence-electron chi connectivity index (χ4n) is 7.33. The van der Waals surface area contributed by atoms with Crippen molar-refractivity contribution in [3.05, 3.63) is 23.8 Å². The second-order valence-corrected chi connectivity index (χ2v) is 9.44. The maximum absolute atomic E-state index is 13.2. The molecule has 3 heteroatoms. The molecule has 0 aromatic carbocycles. The van der Waals surface area contributed by atoms with E-state index in [0.717, 1.165) is 32.1 Å². The van der Waals surface area contributed by atoms with Crippen molar-refractivity contribution in [1.82, 2.24) is 0 Å². The van der Waals surface area contributed by atoms with Gasteiger partial charge in [-0.3, -0.25) is 9.59 Å². The van der Waals surface area contributed by atoms with Crippen molar-refractivity contribution in [3.8, 4) is 0 Å². The second-order valence-electron chi connectivity index (χ2n) is 9.44. The molecule has 0 aromatic rings. The normalized spacial score (nSPS) is 48.4. The molecule has 4 rings (SSSR count). The molecule has 3 fully saturated rings. The molecular formula is C22H29FO2. The van der Waals surface area contributed by atoms with Crippen molar-refractivity contribution in [3.63, 3.8) is 0 Å². The summed E-state index contributed by atoms with van der Waals surface area (Å²) >= 11 is 0. The van der Waals surface area contributed by atoms with Gasteiger partial charge in [-0.2, -0.15) is 0 Å². The quantitative estimate of drug-likeness (QED) is 0.728. The molecular weight excluding hydrogens is 315 g/mol. The molecule has 0 radical (unpaired) electrons. The topological polar surface area (TPSA) is 34.1 Å². The molecule has 7 atom stereocenters. The van der Waals surface area contributed by atoms with E-state index in [2.05, 4.69) is 26.8 Å². The van der Waals surface area contributed by atoms with Crippen molar-refractivity contribution >= 4 is 11.6 Å². The van der Waals surface area contributed by atoms with Crippen LogP contribution in [0.4, 0.5) is 4.39 Å². The fraction of sp³-hybridized carbons (Fsp3) is 0.727. The first-order valence-electron chi connectivity index (χ1n) is 9.84. The van der Waals surface area contributed by atoms with Gasteiger partial charge in [0.2, 0.25) is 0 Å². The van der Waals surface area contributed by atoms with Gasteiger partial charge in [0.25, 0.3) is 0 Å². The highest BCUT2D eigenvalue weighted by Crippen LogP contribution is 2.67. The van der Waals surface area contributed by atoms with Gasteiger partial charge in [0.1, 0.15) is 6.67 Å². The number of carbonyl (C=O) groups excluding carboxylic acids is 2. The molecule has 3 saturated carbocycles. The maximum atomic E-state index is 13.2. The molecule has 136 valence electrons. The summed E-state index contributed by atoms with van der Waals surface area (Å²) in [4.78, 5) is 24.2. The minimum Gasteiger partial charge on any atom is -0.296 e. The number of halogens is 1. The zero-order chi connectivity index (χ0) is 18.0. The summed E-state index contributed by atoms with van der Waals surface area (Å²) in [5.41, 5.74) is 1.24. The van der Waals surface area contributed by atoms with Gasteiger partial charge in [-0.05, 0) is 73.3 Å². The van der Waals surface area contributed by atoms with Crippen LogP contribution in [-0.2, 0) is 9.59 Å². The van der Waals surface area contributed by atoms with Gasteiger partial charge in [-0.15, -0.1) is 0 Å². The summed E-state index contributed by atoms with van der Waals surface area (Å²) in [6, 6.07) is 0.